The molecule has 1 aliphatic carbocycles. The van der Waals surface area contributed by atoms with E-state index in [1.165, 1.54) is 0 Å². The number of carbonyl (C=O) groups excluding carboxylic acids is 1. The Morgan fingerprint density at radius 1 is 1.60 bits per heavy atom. The summed E-state index contributed by atoms with van der Waals surface area (Å²) in [5.41, 5.74) is 0. The van der Waals surface area contributed by atoms with Crippen molar-refractivity contribution in [2.24, 2.45) is 0 Å². The van der Waals surface area contributed by atoms with E-state index in [1.54, 1.807) is 0 Å². The molecular formula is C6H6N2O2. The predicted octanol–water partition coefficient (Wildman–Crippen LogP) is 0.760. The van der Waals surface area contributed by atoms with Crippen LogP contribution in [0.15, 0.2) is 4.52 Å². The van der Waals surface area contributed by atoms with Gasteiger partial charge in [0, 0.05) is 5.92 Å². The smallest absolute Gasteiger partial charge is 0.235 e. The van der Waals surface area contributed by atoms with Crippen LogP contribution in [0.5, 0.6) is 0 Å². The van der Waals surface area contributed by atoms with Crippen LogP contribution in [0.3, 0.4) is 0 Å². The zero-order valence-corrected chi connectivity index (χ0v) is 5.28. The molecule has 1 heterocycles. The fourth-order valence-corrected chi connectivity index (χ4v) is 0.791. The van der Waals surface area contributed by atoms with Gasteiger partial charge in [0.25, 0.3) is 0 Å². The van der Waals surface area contributed by atoms with Crippen molar-refractivity contribution in [3.63, 3.8) is 0 Å². The van der Waals surface area contributed by atoms with E-state index in [1.807, 2.05) is 0 Å². The Morgan fingerprint density at radius 2 is 2.40 bits per heavy atom. The summed E-state index contributed by atoms with van der Waals surface area (Å²) in [4.78, 5) is 13.9. The van der Waals surface area contributed by atoms with Gasteiger partial charge in [0.05, 0.1) is 0 Å². The van der Waals surface area contributed by atoms with Crippen LogP contribution < -0.4 is 0 Å². The van der Waals surface area contributed by atoms with Crippen LogP contribution in [0, 0.1) is 0 Å². The minimum atomic E-state index is 0.155. The van der Waals surface area contributed by atoms with Crippen LogP contribution >= 0.6 is 0 Å². The van der Waals surface area contributed by atoms with Gasteiger partial charge in [0.2, 0.25) is 11.7 Å². The molecule has 52 valence electrons. The van der Waals surface area contributed by atoms with Crippen molar-refractivity contribution in [3.8, 4) is 0 Å². The van der Waals surface area contributed by atoms with E-state index >= 15 is 0 Å². The number of hydrogen-bond acceptors (Lipinski definition) is 4. The van der Waals surface area contributed by atoms with Crippen molar-refractivity contribution in [2.45, 2.75) is 18.8 Å². The van der Waals surface area contributed by atoms with Crippen molar-refractivity contribution < 1.29 is 9.32 Å². The molecule has 0 radical (unpaired) electrons. The van der Waals surface area contributed by atoms with E-state index in [-0.39, 0.29) is 5.82 Å². The molecule has 0 amide bonds. The summed E-state index contributed by atoms with van der Waals surface area (Å²) in [6, 6.07) is 0. The third-order valence-electron chi connectivity index (χ3n) is 1.49. The molecular weight excluding hydrogens is 132 g/mol. The maximum absolute atomic E-state index is 10.1. The molecule has 1 aromatic heterocycles. The zero-order valence-electron chi connectivity index (χ0n) is 5.28. The van der Waals surface area contributed by atoms with Crippen molar-refractivity contribution in [1.82, 2.24) is 10.1 Å². The third-order valence-corrected chi connectivity index (χ3v) is 1.49. The summed E-state index contributed by atoms with van der Waals surface area (Å²) in [6.07, 6.45) is 2.82. The van der Waals surface area contributed by atoms with Crippen LogP contribution in [0.2, 0.25) is 0 Å². The molecule has 4 nitrogen and oxygen atoms in total. The summed E-state index contributed by atoms with van der Waals surface area (Å²) in [5.74, 6) is 1.20. The first kappa shape index (κ1) is 5.58. The fraction of sp³-hybridized carbons (Fsp3) is 0.500. The molecule has 4 heteroatoms. The van der Waals surface area contributed by atoms with Crippen LogP contribution in [-0.4, -0.2) is 16.4 Å². The van der Waals surface area contributed by atoms with Gasteiger partial charge >= 0.3 is 0 Å². The Bertz CT molecular complexity index is 252. The van der Waals surface area contributed by atoms with Gasteiger partial charge in [-0.1, -0.05) is 5.16 Å². The van der Waals surface area contributed by atoms with E-state index in [0.29, 0.717) is 18.1 Å². The van der Waals surface area contributed by atoms with E-state index < -0.39 is 0 Å². The van der Waals surface area contributed by atoms with Crippen LogP contribution in [0.25, 0.3) is 0 Å². The predicted molar refractivity (Wildman–Crippen MR) is 31.7 cm³/mol. The van der Waals surface area contributed by atoms with Gasteiger partial charge in [-0.05, 0) is 12.8 Å². The summed E-state index contributed by atoms with van der Waals surface area (Å²) in [7, 11) is 0. The number of aldehydes is 1. The lowest BCUT2D eigenvalue weighted by molar-refractivity contribution is 0.111. The molecule has 10 heavy (non-hydrogen) atoms. The molecule has 1 aliphatic rings. The summed E-state index contributed by atoms with van der Waals surface area (Å²) in [6.45, 7) is 0. The second-order valence-corrected chi connectivity index (χ2v) is 2.38. The highest BCUT2D eigenvalue weighted by Crippen LogP contribution is 2.38. The number of aromatic nitrogens is 2. The number of rotatable bonds is 2. The first-order valence-corrected chi connectivity index (χ1v) is 3.19. The van der Waals surface area contributed by atoms with E-state index in [4.69, 9.17) is 4.52 Å². The molecule has 1 saturated carbocycles. The third kappa shape index (κ3) is 0.814. The second kappa shape index (κ2) is 1.90. The zero-order chi connectivity index (χ0) is 6.97. The van der Waals surface area contributed by atoms with Gasteiger partial charge in [-0.3, -0.25) is 4.79 Å². The molecule has 0 unspecified atom stereocenters. The topological polar surface area (TPSA) is 56.0 Å². The minimum absolute atomic E-state index is 0.155. The molecule has 2 rings (SSSR count). The van der Waals surface area contributed by atoms with Gasteiger partial charge in [-0.25, -0.2) is 0 Å². The minimum Gasteiger partial charge on any atom is -0.339 e. The van der Waals surface area contributed by atoms with Crippen molar-refractivity contribution >= 4 is 6.29 Å². The Kier molecular flexibility index (Phi) is 1.06. The maximum atomic E-state index is 10.1. The number of carbonyl (C=O) groups is 1. The number of hydrogen-bond donors (Lipinski definition) is 0. The molecule has 0 aliphatic heterocycles. The highest BCUT2D eigenvalue weighted by Gasteiger charge is 2.29. The molecule has 0 bridgehead atoms. The fourth-order valence-electron chi connectivity index (χ4n) is 0.791. The molecule has 1 aromatic rings. The van der Waals surface area contributed by atoms with E-state index in [9.17, 15) is 4.79 Å². The molecule has 0 atom stereocenters. The Labute approximate surface area is 57.2 Å². The molecule has 1 fully saturated rings. The number of nitrogens with zero attached hydrogens (tertiary/aromatic N) is 2. The highest BCUT2D eigenvalue weighted by atomic mass is 16.5. The largest absolute Gasteiger partial charge is 0.339 e. The van der Waals surface area contributed by atoms with E-state index in [0.717, 1.165) is 12.8 Å². The van der Waals surface area contributed by atoms with Crippen molar-refractivity contribution in [2.75, 3.05) is 0 Å². The average Bonchev–Trinajstić information content (AvgIpc) is 2.70. The normalized spacial score (nSPS) is 17.2. The van der Waals surface area contributed by atoms with Crippen molar-refractivity contribution in [3.05, 3.63) is 11.7 Å². The van der Waals surface area contributed by atoms with E-state index in [2.05, 4.69) is 10.1 Å². The van der Waals surface area contributed by atoms with Gasteiger partial charge in [-0.2, -0.15) is 4.98 Å². The van der Waals surface area contributed by atoms with Crippen LogP contribution in [-0.2, 0) is 0 Å². The maximum Gasteiger partial charge on any atom is 0.235 e. The highest BCUT2D eigenvalue weighted by molar-refractivity contribution is 5.68. The monoisotopic (exact) mass is 138 g/mol. The molecule has 0 spiro atoms. The Balaban J connectivity index is 2.26. The molecule has 0 aromatic carbocycles. The second-order valence-electron chi connectivity index (χ2n) is 2.38. The van der Waals surface area contributed by atoms with Gasteiger partial charge < -0.3 is 4.52 Å². The van der Waals surface area contributed by atoms with Crippen LogP contribution in [0.1, 0.15) is 35.3 Å². The first-order valence-electron chi connectivity index (χ1n) is 3.19. The summed E-state index contributed by atoms with van der Waals surface area (Å²) < 4.78 is 4.79. The first-order chi connectivity index (χ1) is 4.90. The standard InChI is InChI=1S/C6H6N2O2/c9-3-5-7-6(10-8-5)4-1-2-4/h3-4H,1-2H2. The Morgan fingerprint density at radius 3 is 2.90 bits per heavy atom. The lowest BCUT2D eigenvalue weighted by Gasteiger charge is -1.78. The quantitative estimate of drug-likeness (QED) is 0.566. The summed E-state index contributed by atoms with van der Waals surface area (Å²) >= 11 is 0. The van der Waals surface area contributed by atoms with Gasteiger partial charge in [0.1, 0.15) is 0 Å². The summed E-state index contributed by atoms with van der Waals surface area (Å²) in [5, 5.41) is 3.44. The Hall–Kier alpha value is -1.19. The van der Waals surface area contributed by atoms with Gasteiger partial charge in [-0.15, -0.1) is 0 Å². The lowest BCUT2D eigenvalue weighted by atomic mass is 10.4. The molecule has 0 N–H and O–H groups in total. The molecule has 0 saturated heterocycles. The van der Waals surface area contributed by atoms with Gasteiger partial charge in [0.15, 0.2) is 6.29 Å². The van der Waals surface area contributed by atoms with Crippen molar-refractivity contribution in [1.29, 1.82) is 0 Å². The SMILES string of the molecule is O=Cc1noc(C2CC2)n1. The average molecular weight is 138 g/mol. The van der Waals surface area contributed by atoms with Crippen LogP contribution in [0.4, 0.5) is 0 Å². The lowest BCUT2D eigenvalue weighted by Crippen LogP contribution is -1.82.